The average Bonchev–Trinajstić information content (AvgIpc) is 1.82. The summed E-state index contributed by atoms with van der Waals surface area (Å²) in [5.41, 5.74) is 0. The molecule has 57 valence electrons. The third kappa shape index (κ3) is 4.71. The van der Waals surface area contributed by atoms with Crippen molar-refractivity contribution in [1.29, 1.82) is 0 Å². The van der Waals surface area contributed by atoms with Gasteiger partial charge in [-0.2, -0.15) is 0 Å². The summed E-state index contributed by atoms with van der Waals surface area (Å²) in [6.45, 7) is 5.38. The van der Waals surface area contributed by atoms with E-state index in [1.807, 2.05) is 0 Å². The maximum atomic E-state index is 10.9. The fourth-order valence-corrected chi connectivity index (χ4v) is 3.37. The van der Waals surface area contributed by atoms with Crippen LogP contribution in [0.4, 0.5) is 0 Å². The van der Waals surface area contributed by atoms with E-state index >= 15 is 0 Å². The van der Waals surface area contributed by atoms with Crippen LogP contribution in [0.25, 0.3) is 0 Å². The second kappa shape index (κ2) is 5.04. The fourth-order valence-electron chi connectivity index (χ4n) is 0.272. The average molecular weight is 191 g/mol. The quantitative estimate of drug-likeness (QED) is 0.608. The van der Waals surface area contributed by atoms with E-state index in [4.69, 9.17) is 4.43 Å². The summed E-state index contributed by atoms with van der Waals surface area (Å²) in [6.07, 6.45) is 0. The summed E-state index contributed by atoms with van der Waals surface area (Å²) >= 11 is -1.13. The molecule has 4 heteroatoms. The van der Waals surface area contributed by atoms with Gasteiger partial charge in [0.1, 0.15) is 0 Å². The Morgan fingerprint density at radius 2 is 2.44 bits per heavy atom. The normalized spacial score (nSPS) is 12.4. The second-order valence-corrected chi connectivity index (χ2v) is 6.23. The van der Waals surface area contributed by atoms with Crippen molar-refractivity contribution in [2.45, 2.75) is 11.9 Å². The number of rotatable bonds is 4. The summed E-state index contributed by atoms with van der Waals surface area (Å²) in [6, 6.07) is 0. The molecule has 0 rings (SSSR count). The van der Waals surface area contributed by atoms with Gasteiger partial charge in [0.2, 0.25) is 0 Å². The number of hydrogen-bond donors (Lipinski definition) is 0. The Bertz CT molecular complexity index is 124. The molecule has 0 unspecified atom stereocenters. The van der Waals surface area contributed by atoms with Crippen LogP contribution in [0.1, 0.15) is 6.92 Å². The van der Waals surface area contributed by atoms with E-state index in [2.05, 4.69) is 6.58 Å². The van der Waals surface area contributed by atoms with Crippen LogP contribution in [0.5, 0.6) is 0 Å². The van der Waals surface area contributed by atoms with Gasteiger partial charge >= 0.3 is 61.7 Å². The van der Waals surface area contributed by atoms with E-state index in [9.17, 15) is 3.87 Å². The zero-order valence-electron chi connectivity index (χ0n) is 5.77. The molecule has 0 atom stereocenters. The van der Waals surface area contributed by atoms with Crippen molar-refractivity contribution in [3.63, 3.8) is 0 Å². The Morgan fingerprint density at radius 1 is 1.89 bits per heavy atom. The van der Waals surface area contributed by atoms with Gasteiger partial charge in [-0.3, -0.25) is 0 Å². The molecule has 0 saturated carbocycles. The predicted molar refractivity (Wildman–Crippen MR) is 35.9 cm³/mol. The molecule has 0 heterocycles. The van der Waals surface area contributed by atoms with Gasteiger partial charge in [0.25, 0.3) is 0 Å². The zero-order chi connectivity index (χ0) is 7.28. The molecule has 0 N–H and O–H groups in total. The summed E-state index contributed by atoms with van der Waals surface area (Å²) in [5.74, 6) is 0. The summed E-state index contributed by atoms with van der Waals surface area (Å²) in [4.78, 5) is 0.735. The first-order chi connectivity index (χ1) is 4.18. The Morgan fingerprint density at radius 3 is 2.78 bits per heavy atom. The Kier molecular flexibility index (Phi) is 5.17. The fraction of sp³-hybridized carbons (Fsp3) is 0.600. The van der Waals surface area contributed by atoms with Gasteiger partial charge in [0.15, 0.2) is 0 Å². The molecule has 0 spiro atoms. The number of allylic oxidation sites excluding steroid dienone is 1. The monoisotopic (exact) mass is 191 g/mol. The Labute approximate surface area is 62.2 Å². The first kappa shape index (κ1) is 9.22. The molecule has 0 bridgehead atoms. The van der Waals surface area contributed by atoms with Crippen LogP contribution in [-0.2, 0) is 21.9 Å². The summed E-state index contributed by atoms with van der Waals surface area (Å²) < 4.78 is 16.6. The Balaban J connectivity index is 3.39. The zero-order valence-corrected chi connectivity index (χ0v) is 8.23. The van der Waals surface area contributed by atoms with Gasteiger partial charge in [-0.05, 0) is 0 Å². The van der Waals surface area contributed by atoms with Crippen molar-refractivity contribution >= 4 is 9.76 Å². The molecular formula is C5H12CoO2Si. The van der Waals surface area contributed by atoms with Crippen LogP contribution in [0.2, 0.25) is 4.98 Å². The van der Waals surface area contributed by atoms with Crippen LogP contribution in [0.3, 0.4) is 0 Å². The van der Waals surface area contributed by atoms with E-state index < -0.39 is 23.3 Å². The molecule has 0 fully saturated rings. The third-order valence-electron chi connectivity index (χ3n) is 0.741. The summed E-state index contributed by atoms with van der Waals surface area (Å²) in [5, 5.41) is 0. The number of hydrogen-bond acceptors (Lipinski definition) is 2. The molecule has 0 aromatic carbocycles. The van der Waals surface area contributed by atoms with Gasteiger partial charge in [0.05, 0.1) is 0 Å². The molecule has 0 aliphatic heterocycles. The molecule has 9 heavy (non-hydrogen) atoms. The van der Waals surface area contributed by atoms with Crippen LogP contribution in [-0.4, -0.2) is 16.9 Å². The molecule has 0 aromatic heterocycles. The SMILES string of the molecule is C=[C](C)[Co](=[O])[CH2][SiH2]OC. The first-order valence-corrected chi connectivity index (χ1v) is 5.85. The van der Waals surface area contributed by atoms with Gasteiger partial charge in [-0.1, -0.05) is 0 Å². The van der Waals surface area contributed by atoms with Crippen molar-refractivity contribution in [1.82, 2.24) is 0 Å². The van der Waals surface area contributed by atoms with E-state index in [1.165, 1.54) is 0 Å². The predicted octanol–water partition coefficient (Wildman–Crippen LogP) is 0.590. The molecule has 0 aliphatic rings. The van der Waals surface area contributed by atoms with Gasteiger partial charge in [-0.25, -0.2) is 0 Å². The van der Waals surface area contributed by atoms with E-state index in [0.717, 1.165) is 9.49 Å². The molecule has 2 nitrogen and oxygen atoms in total. The molecule has 0 aromatic rings. The second-order valence-electron chi connectivity index (χ2n) is 1.58. The molecule has 0 aliphatic carbocycles. The van der Waals surface area contributed by atoms with E-state index in [1.54, 1.807) is 14.0 Å². The topological polar surface area (TPSA) is 26.3 Å². The Hall–Kier alpha value is 0.223. The van der Waals surface area contributed by atoms with Gasteiger partial charge in [-0.15, -0.1) is 0 Å². The molecular weight excluding hydrogens is 179 g/mol. The van der Waals surface area contributed by atoms with Crippen LogP contribution >= 0.6 is 0 Å². The standard InChI is InChI=1S/C3H5.C2H7OSi.Co.O/c1-3-2;1-3-4-2;;/h1H2,2H3;2,4H2,1H3;;. The van der Waals surface area contributed by atoms with Crippen molar-refractivity contribution in [2.24, 2.45) is 0 Å². The summed E-state index contributed by atoms with van der Waals surface area (Å²) in [7, 11) is 1.15. The van der Waals surface area contributed by atoms with E-state index in [0.29, 0.717) is 0 Å². The van der Waals surface area contributed by atoms with Crippen molar-refractivity contribution in [2.75, 3.05) is 7.11 Å². The molecule has 0 amide bonds. The maximum absolute atomic E-state index is 10.9. The van der Waals surface area contributed by atoms with Crippen LogP contribution in [0, 0.1) is 0 Å². The minimum absolute atomic E-state index is 0.514. The van der Waals surface area contributed by atoms with Crippen LogP contribution < -0.4 is 0 Å². The van der Waals surface area contributed by atoms with Crippen molar-refractivity contribution < 1.29 is 21.9 Å². The minimum atomic E-state index is -1.13. The first-order valence-electron chi connectivity index (χ1n) is 2.59. The van der Waals surface area contributed by atoms with Crippen molar-refractivity contribution in [3.05, 3.63) is 11.1 Å². The third-order valence-corrected chi connectivity index (χ3v) is 4.63. The van der Waals surface area contributed by atoms with E-state index in [-0.39, 0.29) is 0 Å². The molecule has 0 saturated heterocycles. The van der Waals surface area contributed by atoms with Gasteiger partial charge in [0, 0.05) is 0 Å². The van der Waals surface area contributed by atoms with Crippen molar-refractivity contribution in [3.8, 4) is 0 Å². The molecule has 0 radical (unpaired) electrons. The van der Waals surface area contributed by atoms with Gasteiger partial charge < -0.3 is 0 Å². The van der Waals surface area contributed by atoms with Crippen LogP contribution in [0.15, 0.2) is 11.1 Å².